The van der Waals surface area contributed by atoms with Crippen LogP contribution >= 0.6 is 0 Å². The van der Waals surface area contributed by atoms with Crippen molar-refractivity contribution in [2.75, 3.05) is 6.61 Å². The minimum Gasteiger partial charge on any atom is -0.452 e. The summed E-state index contributed by atoms with van der Waals surface area (Å²) >= 11 is 0. The van der Waals surface area contributed by atoms with Gasteiger partial charge in [-0.2, -0.15) is 0 Å². The third-order valence-electron chi connectivity index (χ3n) is 3.98. The molecule has 0 fully saturated rings. The molecule has 3 aromatic rings. The normalized spacial score (nSPS) is 11.2. The molecule has 1 heterocycles. The first-order valence-corrected chi connectivity index (χ1v) is 8.62. The van der Waals surface area contributed by atoms with E-state index in [0.29, 0.717) is 10.9 Å². The summed E-state index contributed by atoms with van der Waals surface area (Å²) in [5.41, 5.74) is 0.00945. The van der Waals surface area contributed by atoms with Crippen LogP contribution in [-0.2, 0) is 16.1 Å². The van der Waals surface area contributed by atoms with Crippen molar-refractivity contribution in [1.82, 2.24) is 10.3 Å². The third kappa shape index (κ3) is 5.37. The molecule has 10 heteroatoms. The molecule has 0 atom stereocenters. The number of hydrogen-bond acceptors (Lipinski definition) is 5. The highest BCUT2D eigenvalue weighted by atomic mass is 19.4. The molecule has 2 N–H and O–H groups in total. The molecule has 1 amide bonds. The summed E-state index contributed by atoms with van der Waals surface area (Å²) in [6.07, 6.45) is -4.87. The summed E-state index contributed by atoms with van der Waals surface area (Å²) in [5.74, 6) is -2.06. The van der Waals surface area contributed by atoms with Crippen LogP contribution in [0.3, 0.4) is 0 Å². The summed E-state index contributed by atoms with van der Waals surface area (Å²) in [6.45, 7) is -0.946. The van der Waals surface area contributed by atoms with Gasteiger partial charge in [-0.1, -0.05) is 36.4 Å². The van der Waals surface area contributed by atoms with Crippen molar-refractivity contribution in [2.45, 2.75) is 12.9 Å². The van der Waals surface area contributed by atoms with Gasteiger partial charge in [0.2, 0.25) is 5.56 Å². The predicted molar refractivity (Wildman–Crippen MR) is 99.8 cm³/mol. The van der Waals surface area contributed by atoms with E-state index in [9.17, 15) is 27.6 Å². The fourth-order valence-corrected chi connectivity index (χ4v) is 2.70. The Bertz CT molecular complexity index is 1140. The summed E-state index contributed by atoms with van der Waals surface area (Å²) in [5, 5.41) is 2.79. The van der Waals surface area contributed by atoms with Gasteiger partial charge in [0, 0.05) is 29.1 Å². The minimum absolute atomic E-state index is 0.00827. The number of nitrogens with one attached hydrogen (secondary N) is 2. The minimum atomic E-state index is -4.87. The fourth-order valence-electron chi connectivity index (χ4n) is 2.70. The topological polar surface area (TPSA) is 97.5 Å². The average molecular weight is 420 g/mol. The van der Waals surface area contributed by atoms with Crippen LogP contribution in [0.1, 0.15) is 15.9 Å². The van der Waals surface area contributed by atoms with Crippen molar-refractivity contribution in [3.05, 3.63) is 76.1 Å². The zero-order chi connectivity index (χ0) is 21.7. The van der Waals surface area contributed by atoms with E-state index in [1.807, 2.05) is 0 Å². The molecule has 0 aliphatic rings. The van der Waals surface area contributed by atoms with E-state index in [1.165, 1.54) is 18.2 Å². The van der Waals surface area contributed by atoms with E-state index in [4.69, 9.17) is 4.74 Å². The van der Waals surface area contributed by atoms with Crippen molar-refractivity contribution in [3.63, 3.8) is 0 Å². The molecule has 3 rings (SSSR count). The zero-order valence-corrected chi connectivity index (χ0v) is 15.3. The molecule has 0 saturated carbocycles. The van der Waals surface area contributed by atoms with Gasteiger partial charge in [-0.05, 0) is 12.1 Å². The van der Waals surface area contributed by atoms with Crippen LogP contribution in [0.15, 0.2) is 59.4 Å². The molecule has 1 aromatic heterocycles. The molecule has 0 bridgehead atoms. The van der Waals surface area contributed by atoms with Crippen LogP contribution in [0.5, 0.6) is 5.75 Å². The Hall–Kier alpha value is -3.82. The second kappa shape index (κ2) is 8.68. The highest BCUT2D eigenvalue weighted by Crippen LogP contribution is 2.26. The van der Waals surface area contributed by atoms with Crippen molar-refractivity contribution in [1.29, 1.82) is 0 Å². The van der Waals surface area contributed by atoms with Gasteiger partial charge in [0.05, 0.1) is 5.56 Å². The summed E-state index contributed by atoms with van der Waals surface area (Å²) in [7, 11) is 0. The third-order valence-corrected chi connectivity index (χ3v) is 3.98. The lowest BCUT2D eigenvalue weighted by molar-refractivity contribution is -0.274. The average Bonchev–Trinajstić information content (AvgIpc) is 2.69. The number of carbonyl (C=O) groups excluding carboxylic acids is 2. The van der Waals surface area contributed by atoms with Crippen LogP contribution in [-0.4, -0.2) is 29.8 Å². The van der Waals surface area contributed by atoms with Crippen molar-refractivity contribution in [3.8, 4) is 5.75 Å². The summed E-state index contributed by atoms with van der Waals surface area (Å²) in [4.78, 5) is 38.5. The number of ether oxygens (including phenoxy) is 2. The number of H-pyrrole nitrogens is 1. The number of esters is 1. The molecular formula is C20H15F3N2O5. The highest BCUT2D eigenvalue weighted by Gasteiger charge is 2.32. The quantitative estimate of drug-likeness (QED) is 0.598. The van der Waals surface area contributed by atoms with Gasteiger partial charge in [-0.15, -0.1) is 13.2 Å². The Kier molecular flexibility index (Phi) is 6.05. The number of carbonyl (C=O) groups is 2. The zero-order valence-electron chi connectivity index (χ0n) is 15.3. The van der Waals surface area contributed by atoms with Gasteiger partial charge in [-0.25, -0.2) is 4.79 Å². The molecule has 0 saturated heterocycles. The summed E-state index contributed by atoms with van der Waals surface area (Å²) in [6, 6.07) is 13.0. The van der Waals surface area contributed by atoms with E-state index >= 15 is 0 Å². The van der Waals surface area contributed by atoms with Crippen molar-refractivity contribution < 1.29 is 32.2 Å². The van der Waals surface area contributed by atoms with Crippen LogP contribution in [0, 0.1) is 0 Å². The largest absolute Gasteiger partial charge is 0.573 e. The number of benzene rings is 2. The van der Waals surface area contributed by atoms with Crippen LogP contribution in [0.25, 0.3) is 10.9 Å². The number of rotatable bonds is 6. The van der Waals surface area contributed by atoms with Crippen LogP contribution in [0.4, 0.5) is 13.2 Å². The Morgan fingerprint density at radius 3 is 2.50 bits per heavy atom. The van der Waals surface area contributed by atoms with Gasteiger partial charge in [-0.3, -0.25) is 9.59 Å². The number of aromatic amines is 1. The second-order valence-corrected chi connectivity index (χ2v) is 6.10. The van der Waals surface area contributed by atoms with Gasteiger partial charge < -0.3 is 19.8 Å². The van der Waals surface area contributed by atoms with Gasteiger partial charge in [0.15, 0.2) is 6.61 Å². The van der Waals surface area contributed by atoms with E-state index in [1.54, 1.807) is 24.3 Å². The molecular weight excluding hydrogens is 405 g/mol. The maximum absolute atomic E-state index is 12.4. The van der Waals surface area contributed by atoms with E-state index in [2.05, 4.69) is 15.0 Å². The standard InChI is InChI=1S/C20H15F3N2O5/c21-20(22,23)30-16-8-4-1-5-12(16)10-24-18(27)11-29-19(28)14-9-17(26)25-15-7-3-2-6-13(14)15/h1-9H,10-11H2,(H,24,27)(H,25,26). The lowest BCUT2D eigenvalue weighted by Crippen LogP contribution is -2.29. The molecule has 2 aromatic carbocycles. The SMILES string of the molecule is O=C(COC(=O)c1cc(=O)[nH]c2ccccc12)NCc1ccccc1OC(F)(F)F. The van der Waals surface area contributed by atoms with E-state index in [-0.39, 0.29) is 17.7 Å². The maximum Gasteiger partial charge on any atom is 0.573 e. The first kappa shape index (κ1) is 20.9. The summed E-state index contributed by atoms with van der Waals surface area (Å²) < 4.78 is 46.2. The van der Waals surface area contributed by atoms with Gasteiger partial charge in [0.1, 0.15) is 5.75 Å². The van der Waals surface area contributed by atoms with E-state index in [0.717, 1.165) is 12.1 Å². The van der Waals surface area contributed by atoms with Crippen LogP contribution < -0.4 is 15.6 Å². The second-order valence-electron chi connectivity index (χ2n) is 6.10. The van der Waals surface area contributed by atoms with Gasteiger partial charge >= 0.3 is 12.3 Å². The smallest absolute Gasteiger partial charge is 0.452 e. The molecule has 0 aliphatic heterocycles. The Morgan fingerprint density at radius 2 is 1.73 bits per heavy atom. The van der Waals surface area contributed by atoms with E-state index < -0.39 is 36.2 Å². The molecule has 0 unspecified atom stereocenters. The fraction of sp³-hybridized carbons (Fsp3) is 0.150. The number of aromatic nitrogens is 1. The van der Waals surface area contributed by atoms with Gasteiger partial charge in [0.25, 0.3) is 5.91 Å². The number of alkyl halides is 3. The lowest BCUT2D eigenvalue weighted by Gasteiger charge is -2.13. The molecule has 30 heavy (non-hydrogen) atoms. The Labute approximate surface area is 167 Å². The predicted octanol–water partition coefficient (Wildman–Crippen LogP) is 2.90. The maximum atomic E-state index is 12.4. The molecule has 156 valence electrons. The molecule has 0 spiro atoms. The first-order valence-electron chi connectivity index (χ1n) is 8.62. The molecule has 7 nitrogen and oxygen atoms in total. The number of para-hydroxylation sites is 2. The van der Waals surface area contributed by atoms with Crippen molar-refractivity contribution in [2.24, 2.45) is 0 Å². The number of halogens is 3. The first-order chi connectivity index (χ1) is 14.2. The molecule has 0 radical (unpaired) electrons. The van der Waals surface area contributed by atoms with Crippen LogP contribution in [0.2, 0.25) is 0 Å². The molecule has 0 aliphatic carbocycles. The Morgan fingerprint density at radius 1 is 1.03 bits per heavy atom. The number of hydrogen-bond donors (Lipinski definition) is 2. The number of pyridine rings is 1. The lowest BCUT2D eigenvalue weighted by atomic mass is 10.1. The monoisotopic (exact) mass is 420 g/mol. The number of fused-ring (bicyclic) bond motifs is 1. The highest BCUT2D eigenvalue weighted by molar-refractivity contribution is 6.03. The van der Waals surface area contributed by atoms with Crippen molar-refractivity contribution >= 4 is 22.8 Å². The Balaban J connectivity index is 1.61. The number of amides is 1.